The number of nitrogens with two attached hydrogens (primary N) is 1. The molecule has 4 heterocycles. The molecule has 41 heavy (non-hydrogen) atoms. The van der Waals surface area contributed by atoms with Crippen LogP contribution in [0.3, 0.4) is 0 Å². The Morgan fingerprint density at radius 1 is 1.02 bits per heavy atom. The largest absolute Gasteiger partial charge is 0.461 e. The monoisotopic (exact) mass is 556 g/mol. The van der Waals surface area contributed by atoms with Crippen molar-refractivity contribution >= 4 is 39.8 Å². The molecule has 0 bridgehead atoms. The number of benzene rings is 1. The summed E-state index contributed by atoms with van der Waals surface area (Å²) in [7, 11) is 1.71. The molecule has 10 heteroatoms. The highest BCUT2D eigenvalue weighted by atomic mass is 16.3. The van der Waals surface area contributed by atoms with Gasteiger partial charge in [0, 0.05) is 52.2 Å². The molecule has 1 aromatic carbocycles. The van der Waals surface area contributed by atoms with Crippen molar-refractivity contribution in [1.29, 1.82) is 0 Å². The molecule has 0 aliphatic carbocycles. The summed E-state index contributed by atoms with van der Waals surface area (Å²) in [5.41, 5.74) is 9.21. The van der Waals surface area contributed by atoms with Crippen LogP contribution in [-0.2, 0) is 29.2 Å². The molecule has 0 atom stereocenters. The van der Waals surface area contributed by atoms with E-state index in [4.69, 9.17) is 10.2 Å². The molecule has 0 saturated heterocycles. The molecule has 0 saturated carbocycles. The first-order valence-corrected chi connectivity index (χ1v) is 13.8. The number of furan rings is 1. The molecular weight excluding hydrogens is 520 g/mol. The van der Waals surface area contributed by atoms with Crippen LogP contribution in [0.2, 0.25) is 0 Å². The average Bonchev–Trinajstić information content (AvgIpc) is 3.33. The van der Waals surface area contributed by atoms with Gasteiger partial charge in [-0.25, -0.2) is 0 Å². The van der Waals surface area contributed by atoms with Gasteiger partial charge in [0.1, 0.15) is 16.8 Å². The van der Waals surface area contributed by atoms with Crippen molar-refractivity contribution in [1.82, 2.24) is 14.5 Å². The third-order valence-corrected chi connectivity index (χ3v) is 7.77. The minimum Gasteiger partial charge on any atom is -0.461 e. The smallest absolute Gasteiger partial charge is 0.261 e. The molecule has 5 rings (SSSR count). The van der Waals surface area contributed by atoms with E-state index in [1.54, 1.807) is 59.8 Å². The average molecular weight is 557 g/mol. The maximum Gasteiger partial charge on any atom is 0.261 e. The van der Waals surface area contributed by atoms with Gasteiger partial charge in [-0.1, -0.05) is 6.07 Å². The predicted octanol–water partition coefficient (Wildman–Crippen LogP) is 3.94. The highest BCUT2D eigenvalue weighted by Crippen LogP contribution is 2.39. The fraction of sp³-hybridized carbons (Fsp3) is 0.355. The Kier molecular flexibility index (Phi) is 7.44. The predicted molar refractivity (Wildman–Crippen MR) is 160 cm³/mol. The summed E-state index contributed by atoms with van der Waals surface area (Å²) < 4.78 is 7.29. The zero-order chi connectivity index (χ0) is 29.5. The van der Waals surface area contributed by atoms with Crippen molar-refractivity contribution in [3.05, 3.63) is 82.2 Å². The molecule has 0 spiro atoms. The Labute approximate surface area is 239 Å². The first kappa shape index (κ1) is 28.1. The maximum absolute atomic E-state index is 13.3. The summed E-state index contributed by atoms with van der Waals surface area (Å²) >= 11 is 0. The van der Waals surface area contributed by atoms with E-state index < -0.39 is 5.41 Å². The van der Waals surface area contributed by atoms with E-state index in [1.807, 2.05) is 44.2 Å². The number of anilines is 3. The molecule has 0 unspecified atom stereocenters. The van der Waals surface area contributed by atoms with Gasteiger partial charge in [0.2, 0.25) is 11.8 Å². The summed E-state index contributed by atoms with van der Waals surface area (Å²) in [5, 5.41) is 0.557. The summed E-state index contributed by atoms with van der Waals surface area (Å²) in [6, 6.07) is 13.0. The number of aromatic nitrogens is 2. The minimum absolute atomic E-state index is 0.103. The quantitative estimate of drug-likeness (QED) is 0.327. The number of carbonyl (C=O) groups excluding carboxylic acids is 2. The number of hydrogen-bond acceptors (Lipinski definition) is 7. The first-order chi connectivity index (χ1) is 19.5. The van der Waals surface area contributed by atoms with E-state index in [0.717, 1.165) is 11.3 Å². The summed E-state index contributed by atoms with van der Waals surface area (Å²) in [6.07, 6.45) is 3.46. The van der Waals surface area contributed by atoms with Gasteiger partial charge in [0.25, 0.3) is 5.56 Å². The molecule has 214 valence electrons. The molecule has 2 amide bonds. The van der Waals surface area contributed by atoms with E-state index in [9.17, 15) is 14.4 Å². The third kappa shape index (κ3) is 5.22. The van der Waals surface area contributed by atoms with Crippen LogP contribution in [-0.4, -0.2) is 46.4 Å². The third-order valence-electron chi connectivity index (χ3n) is 7.77. The number of nitrogen functional groups attached to an aromatic ring is 1. The molecule has 1 aliphatic rings. The van der Waals surface area contributed by atoms with E-state index in [1.165, 1.54) is 0 Å². The molecule has 3 aromatic heterocycles. The molecule has 0 radical (unpaired) electrons. The molecule has 10 nitrogen and oxygen atoms in total. The molecule has 1 aliphatic heterocycles. The fourth-order valence-corrected chi connectivity index (χ4v) is 5.44. The Bertz CT molecular complexity index is 1690. The van der Waals surface area contributed by atoms with Crippen LogP contribution in [0.5, 0.6) is 0 Å². The Morgan fingerprint density at radius 2 is 1.80 bits per heavy atom. The Hall–Kier alpha value is -4.44. The van der Waals surface area contributed by atoms with Gasteiger partial charge in [-0.3, -0.25) is 24.3 Å². The van der Waals surface area contributed by atoms with Crippen LogP contribution in [0.15, 0.2) is 64.1 Å². The molecule has 4 aromatic rings. The van der Waals surface area contributed by atoms with Crippen molar-refractivity contribution in [3.8, 4) is 0 Å². The van der Waals surface area contributed by atoms with Gasteiger partial charge >= 0.3 is 0 Å². The van der Waals surface area contributed by atoms with Crippen molar-refractivity contribution in [2.24, 2.45) is 5.41 Å². The highest BCUT2D eigenvalue weighted by Gasteiger charge is 2.45. The van der Waals surface area contributed by atoms with Gasteiger partial charge in [0.15, 0.2) is 0 Å². The number of nitrogens with zero attached hydrogens (tertiary/aromatic N) is 5. The summed E-state index contributed by atoms with van der Waals surface area (Å²) in [4.78, 5) is 49.6. The number of fused-ring (bicyclic) bond motifs is 2. The van der Waals surface area contributed by atoms with E-state index in [2.05, 4.69) is 9.88 Å². The lowest BCUT2D eigenvalue weighted by atomic mass is 9.90. The first-order valence-electron chi connectivity index (χ1n) is 13.8. The second-order valence-corrected chi connectivity index (χ2v) is 11.1. The van der Waals surface area contributed by atoms with Crippen LogP contribution in [0.25, 0.3) is 11.0 Å². The van der Waals surface area contributed by atoms with E-state index in [0.29, 0.717) is 66.5 Å². The molecule has 2 N–H and O–H groups in total. The SMILES string of the molecule is CCN1C(=O)C(C)(C)C(=O)N(C)c2cc(CN(CCn3ccc4oc(C)cc4c3=O)Cc3ncccc3N)ccc21. The topological polar surface area (TPSA) is 118 Å². The molecular formula is C31H36N6O4. The van der Waals surface area contributed by atoms with E-state index >= 15 is 0 Å². The van der Waals surface area contributed by atoms with Crippen molar-refractivity contribution in [2.75, 3.05) is 35.7 Å². The van der Waals surface area contributed by atoms with Gasteiger partial charge in [-0.15, -0.1) is 0 Å². The maximum atomic E-state index is 13.3. The number of hydrogen-bond donors (Lipinski definition) is 1. The highest BCUT2D eigenvalue weighted by molar-refractivity contribution is 6.19. The van der Waals surface area contributed by atoms with Crippen molar-refractivity contribution < 1.29 is 14.0 Å². The van der Waals surface area contributed by atoms with Gasteiger partial charge < -0.3 is 24.5 Å². The zero-order valence-corrected chi connectivity index (χ0v) is 24.2. The van der Waals surface area contributed by atoms with Crippen molar-refractivity contribution in [2.45, 2.75) is 47.3 Å². The molecule has 0 fully saturated rings. The fourth-order valence-electron chi connectivity index (χ4n) is 5.44. The lowest BCUT2D eigenvalue weighted by Gasteiger charge is -2.27. The number of aryl methyl sites for hydroxylation is 1. The van der Waals surface area contributed by atoms with Crippen molar-refractivity contribution in [3.63, 3.8) is 0 Å². The van der Waals surface area contributed by atoms with Crippen LogP contribution >= 0.6 is 0 Å². The lowest BCUT2D eigenvalue weighted by molar-refractivity contribution is -0.137. The van der Waals surface area contributed by atoms with Crippen LogP contribution in [0.4, 0.5) is 17.1 Å². The van der Waals surface area contributed by atoms with Gasteiger partial charge in [-0.05, 0) is 69.7 Å². The Balaban J connectivity index is 1.46. The minimum atomic E-state index is -1.17. The number of amides is 2. The summed E-state index contributed by atoms with van der Waals surface area (Å²) in [5.74, 6) is 0.227. The second-order valence-electron chi connectivity index (χ2n) is 11.1. The Morgan fingerprint density at radius 3 is 2.54 bits per heavy atom. The number of rotatable bonds is 8. The van der Waals surface area contributed by atoms with Crippen LogP contribution < -0.4 is 21.1 Å². The number of pyridine rings is 2. The van der Waals surface area contributed by atoms with Crippen LogP contribution in [0, 0.1) is 12.3 Å². The summed E-state index contributed by atoms with van der Waals surface area (Å²) in [6.45, 7) is 9.49. The zero-order valence-electron chi connectivity index (χ0n) is 24.2. The van der Waals surface area contributed by atoms with Crippen LogP contribution in [0.1, 0.15) is 37.8 Å². The van der Waals surface area contributed by atoms with E-state index in [-0.39, 0.29) is 17.4 Å². The van der Waals surface area contributed by atoms with Gasteiger partial charge in [-0.2, -0.15) is 0 Å². The lowest BCUT2D eigenvalue weighted by Crippen LogP contribution is -2.47. The standard InChI is InChI=1S/C31H36N6O4/c1-6-37-25-10-9-21(17-26(25)34(5)29(39)31(3,4)30(37)40)18-35(19-24-23(32)8-7-12-33-24)14-15-36-13-11-27-22(28(36)38)16-20(2)41-27/h7-13,16-17H,6,14-15,18-19,32H2,1-5H3. The number of carbonyl (C=O) groups is 2. The second kappa shape index (κ2) is 10.9. The van der Waals surface area contributed by atoms with Gasteiger partial charge in [0.05, 0.1) is 28.1 Å². The normalized spacial score (nSPS) is 15.1.